The molecule has 38 valence electrons. The predicted octanol–water partition coefficient (Wildman–Crippen LogP) is -6.19. The van der Waals surface area contributed by atoms with Gasteiger partial charge in [0.1, 0.15) is 0 Å². The molecule has 0 aromatic heterocycles. The second kappa shape index (κ2) is 29.8. The van der Waals surface area contributed by atoms with E-state index in [0.29, 0.717) is 0 Å². The fourth-order valence-corrected chi connectivity index (χ4v) is 0. The average molecular weight is 386 g/mol. The minimum absolute atomic E-state index is 0. The monoisotopic (exact) mass is 388 g/mol. The van der Waals surface area contributed by atoms with Crippen LogP contribution in [0.4, 0.5) is 0 Å². The van der Waals surface area contributed by atoms with Gasteiger partial charge in [-0.15, -0.1) is 0 Å². The van der Waals surface area contributed by atoms with E-state index in [1.165, 1.54) is 0 Å². The molecule has 0 spiro atoms. The van der Waals surface area contributed by atoms with Crippen LogP contribution >= 0.6 is 0 Å². The number of hydrogen-bond acceptors (Lipinski definition) is 0. The van der Waals surface area contributed by atoms with Crippen molar-refractivity contribution in [1.82, 2.24) is 0 Å². The summed E-state index contributed by atoms with van der Waals surface area (Å²) in [6, 6.07) is 0. The molecular formula is H16AsGeInSeSi. The van der Waals surface area contributed by atoms with Crippen LogP contribution in [0.2, 0.25) is 0 Å². The molecule has 0 heterocycles. The normalized spacial score (nSPS) is 0. The first-order valence-corrected chi connectivity index (χ1v) is 0. The predicted molar refractivity (Wildman–Crippen MR) is 51.1 cm³/mol. The zero-order valence-electron chi connectivity index (χ0n) is 1.21. The third-order valence-electron chi connectivity index (χ3n) is 0. The van der Waals surface area contributed by atoms with Gasteiger partial charge in [-0.25, -0.2) is 0 Å². The van der Waals surface area contributed by atoms with Gasteiger partial charge in [0.15, 0.2) is 0 Å². The van der Waals surface area contributed by atoms with E-state index in [0.717, 1.165) is 0 Å². The van der Waals surface area contributed by atoms with Crippen molar-refractivity contribution < 1.29 is 0 Å². The molecule has 0 saturated carbocycles. The molecule has 1 atom stereocenters. The number of rotatable bonds is 0. The largest absolute Gasteiger partial charge is 0.0149 e. The summed E-state index contributed by atoms with van der Waals surface area (Å²) >= 11 is 0. The molecular weight excluding hydrogens is 369 g/mol. The van der Waals surface area contributed by atoms with Crippen LogP contribution in [0.1, 0.15) is 0 Å². The SMILES string of the molecule is [AsH3].[GeH4].[InH3].[SeH2].[SiH4]. The van der Waals surface area contributed by atoms with Crippen molar-refractivity contribution >= 4 is 89.4 Å². The van der Waals surface area contributed by atoms with Crippen molar-refractivity contribution in [3.8, 4) is 0 Å². The first-order chi connectivity index (χ1) is 0. The van der Waals surface area contributed by atoms with Gasteiger partial charge >= 0.3 is 78.5 Å². The van der Waals surface area contributed by atoms with E-state index in [1.54, 1.807) is 0 Å². The minimum atomic E-state index is 0. The van der Waals surface area contributed by atoms with Crippen LogP contribution < -0.4 is 0 Å². The molecule has 0 bridgehead atoms. The summed E-state index contributed by atoms with van der Waals surface area (Å²) in [7, 11) is 0. The molecule has 0 amide bonds. The summed E-state index contributed by atoms with van der Waals surface area (Å²) in [5.41, 5.74) is 0. The molecule has 5 heavy (non-hydrogen) atoms. The standard InChI is InChI=1S/AsH3.GeH4.In.H2Se.H4Si.3H/h1H3;1H4;;1H2;1H4;;;. The molecule has 5 heteroatoms. The quantitative estimate of drug-likeness (QED) is 0.364. The Balaban J connectivity index is 0. The molecule has 0 rings (SSSR count). The van der Waals surface area contributed by atoms with Crippen LogP contribution in [0.5, 0.6) is 0 Å². The van der Waals surface area contributed by atoms with Gasteiger partial charge < -0.3 is 0 Å². The Bertz CT molecular complexity index is 11.6. The van der Waals surface area contributed by atoms with E-state index in [4.69, 9.17) is 0 Å². The van der Waals surface area contributed by atoms with Gasteiger partial charge in [0.05, 0.1) is 0 Å². The second-order valence-electron chi connectivity index (χ2n) is 0. The topological polar surface area (TPSA) is 0 Å². The molecule has 0 radical (unpaired) electrons. The van der Waals surface area contributed by atoms with Gasteiger partial charge in [-0.2, -0.15) is 0 Å². The molecule has 0 aliphatic carbocycles. The van der Waals surface area contributed by atoms with Gasteiger partial charge in [-0.1, -0.05) is 0 Å². The van der Waals surface area contributed by atoms with Crippen LogP contribution in [-0.2, 0) is 0 Å². The van der Waals surface area contributed by atoms with Crippen molar-refractivity contribution in [1.29, 1.82) is 0 Å². The van der Waals surface area contributed by atoms with Crippen molar-refractivity contribution in [2.75, 3.05) is 0 Å². The maximum Gasteiger partial charge on any atom is -0.0149 e. The molecule has 0 aliphatic heterocycles. The first-order valence-electron chi connectivity index (χ1n) is 0. The third kappa shape index (κ3) is 20.3. The van der Waals surface area contributed by atoms with Gasteiger partial charge in [0.25, 0.3) is 0 Å². The van der Waals surface area contributed by atoms with Crippen molar-refractivity contribution in [3.05, 3.63) is 0 Å². The summed E-state index contributed by atoms with van der Waals surface area (Å²) in [6.07, 6.45) is 0. The zero-order chi connectivity index (χ0) is 0. The third-order valence-corrected chi connectivity index (χ3v) is 0. The fourth-order valence-electron chi connectivity index (χ4n) is 0. The fraction of sp³-hybridized carbons (Fsp3) is 0. The van der Waals surface area contributed by atoms with Crippen LogP contribution in [0, 0.1) is 0 Å². The van der Waals surface area contributed by atoms with E-state index >= 15 is 0 Å². The van der Waals surface area contributed by atoms with Crippen LogP contribution in [0.25, 0.3) is 0 Å². The summed E-state index contributed by atoms with van der Waals surface area (Å²) < 4.78 is 0. The van der Waals surface area contributed by atoms with Crippen LogP contribution in [-0.4, -0.2) is 89.4 Å². The van der Waals surface area contributed by atoms with Crippen LogP contribution in [0.15, 0.2) is 0 Å². The summed E-state index contributed by atoms with van der Waals surface area (Å²) in [6.45, 7) is 0. The van der Waals surface area contributed by atoms with E-state index in [2.05, 4.69) is 0 Å². The smallest absolute Gasteiger partial charge is 0.0149 e. The van der Waals surface area contributed by atoms with Gasteiger partial charge in [0.2, 0.25) is 0 Å². The van der Waals surface area contributed by atoms with Crippen LogP contribution in [0.3, 0.4) is 0 Å². The van der Waals surface area contributed by atoms with Crippen molar-refractivity contribution in [2.45, 2.75) is 0 Å². The average Bonchev–Trinajstić information content (AvgIpc) is 0. The molecule has 1 unspecified atom stereocenters. The molecule has 0 aromatic rings. The number of hydrogen-bond donors (Lipinski definition) is 0. The summed E-state index contributed by atoms with van der Waals surface area (Å²) in [4.78, 5) is 0. The van der Waals surface area contributed by atoms with Crippen molar-refractivity contribution in [3.63, 3.8) is 0 Å². The zero-order valence-corrected chi connectivity index (χ0v) is 6.27. The molecule has 0 nitrogen and oxygen atoms in total. The van der Waals surface area contributed by atoms with Gasteiger partial charge in [0, 0.05) is 0 Å². The summed E-state index contributed by atoms with van der Waals surface area (Å²) in [5.74, 6) is 0. The Kier molecular flexibility index (Phi) is 282. The maximum absolute atomic E-state index is 0. The van der Waals surface area contributed by atoms with Crippen molar-refractivity contribution in [2.24, 2.45) is 0 Å². The van der Waals surface area contributed by atoms with E-state index in [9.17, 15) is 0 Å². The minimum Gasteiger partial charge on any atom is -0.0149 e. The summed E-state index contributed by atoms with van der Waals surface area (Å²) in [5, 5.41) is 0. The maximum atomic E-state index is 0. The molecule has 0 fully saturated rings. The molecule has 0 saturated heterocycles. The molecule has 0 aromatic carbocycles. The Morgan fingerprint density at radius 1 is 1.00 bits per heavy atom. The Morgan fingerprint density at radius 2 is 1.00 bits per heavy atom. The van der Waals surface area contributed by atoms with E-state index in [-0.39, 0.29) is 89.4 Å². The second-order valence-corrected chi connectivity index (χ2v) is 0. The molecule has 0 aliphatic rings. The van der Waals surface area contributed by atoms with Gasteiger partial charge in [-0.3, -0.25) is 0 Å². The molecule has 0 N–H and O–H groups in total. The first kappa shape index (κ1) is 47.3. The Morgan fingerprint density at radius 3 is 1.00 bits per heavy atom. The Labute approximate surface area is 88.2 Å². The van der Waals surface area contributed by atoms with Gasteiger partial charge in [-0.05, 0) is 11.0 Å². The Hall–Kier alpha value is 2.71. The van der Waals surface area contributed by atoms with E-state index < -0.39 is 0 Å². The van der Waals surface area contributed by atoms with E-state index in [1.807, 2.05) is 0 Å².